The molecular formula is C14H12F3NO2S. The lowest BCUT2D eigenvalue weighted by molar-refractivity contribution is -0.141. The van der Waals surface area contributed by atoms with E-state index in [4.69, 9.17) is 5.14 Å². The number of benzene rings is 2. The molecule has 0 amide bonds. The van der Waals surface area contributed by atoms with E-state index in [1.165, 1.54) is 36.4 Å². The summed E-state index contributed by atoms with van der Waals surface area (Å²) < 4.78 is 63.3. The minimum absolute atomic E-state index is 0.0406. The van der Waals surface area contributed by atoms with Crippen LogP contribution in [-0.4, -0.2) is 14.6 Å². The molecule has 0 aliphatic rings. The van der Waals surface area contributed by atoms with Crippen LogP contribution in [0.15, 0.2) is 59.5 Å². The summed E-state index contributed by atoms with van der Waals surface area (Å²) in [5, 5.41) is 5.02. The van der Waals surface area contributed by atoms with Crippen molar-refractivity contribution in [3.63, 3.8) is 0 Å². The standard InChI is InChI=1S/C14H12F3NO2S/c15-14(16,17)13(10-6-2-1-3-7-10)11-8-4-5-9-12(11)21(18,19)20/h1-9,13H,(H2,18,19,20). The first kappa shape index (κ1) is 15.5. The van der Waals surface area contributed by atoms with Crippen LogP contribution in [0.3, 0.4) is 0 Å². The first-order valence-corrected chi connectivity index (χ1v) is 7.49. The van der Waals surface area contributed by atoms with Gasteiger partial charge in [0.25, 0.3) is 0 Å². The molecule has 21 heavy (non-hydrogen) atoms. The molecular weight excluding hydrogens is 303 g/mol. The minimum Gasteiger partial charge on any atom is -0.225 e. The predicted octanol–water partition coefficient (Wildman–Crippen LogP) is 3.03. The third-order valence-corrected chi connectivity index (χ3v) is 3.98. The summed E-state index contributed by atoms with van der Waals surface area (Å²) in [7, 11) is -4.25. The van der Waals surface area contributed by atoms with Gasteiger partial charge in [0.2, 0.25) is 10.0 Å². The number of halogens is 3. The highest BCUT2D eigenvalue weighted by Crippen LogP contribution is 2.42. The Morgan fingerprint density at radius 1 is 0.905 bits per heavy atom. The lowest BCUT2D eigenvalue weighted by Gasteiger charge is -2.23. The summed E-state index contributed by atoms with van der Waals surface area (Å²) in [6, 6.07) is 12.0. The average molecular weight is 315 g/mol. The molecule has 2 rings (SSSR count). The molecule has 0 aliphatic heterocycles. The van der Waals surface area contributed by atoms with Crippen LogP contribution in [0.2, 0.25) is 0 Å². The Hall–Kier alpha value is -1.86. The second-order valence-electron chi connectivity index (χ2n) is 4.47. The molecule has 2 aromatic carbocycles. The van der Waals surface area contributed by atoms with Crippen molar-refractivity contribution in [1.82, 2.24) is 0 Å². The zero-order valence-corrected chi connectivity index (χ0v) is 11.5. The quantitative estimate of drug-likeness (QED) is 0.946. The van der Waals surface area contributed by atoms with Crippen molar-refractivity contribution in [1.29, 1.82) is 0 Å². The predicted molar refractivity (Wildman–Crippen MR) is 72.2 cm³/mol. The molecule has 0 aromatic heterocycles. The van der Waals surface area contributed by atoms with Crippen molar-refractivity contribution < 1.29 is 21.6 Å². The van der Waals surface area contributed by atoms with Crippen LogP contribution in [-0.2, 0) is 10.0 Å². The lowest BCUT2D eigenvalue weighted by Crippen LogP contribution is -2.25. The zero-order valence-electron chi connectivity index (χ0n) is 10.7. The molecule has 0 saturated carbocycles. The zero-order chi connectivity index (χ0) is 15.7. The number of hydrogen-bond donors (Lipinski definition) is 1. The number of rotatable bonds is 3. The maximum absolute atomic E-state index is 13.4. The van der Waals surface area contributed by atoms with Gasteiger partial charge in [0.15, 0.2) is 0 Å². The summed E-state index contributed by atoms with van der Waals surface area (Å²) in [6.45, 7) is 0. The largest absolute Gasteiger partial charge is 0.399 e. The van der Waals surface area contributed by atoms with E-state index >= 15 is 0 Å². The molecule has 7 heteroatoms. The van der Waals surface area contributed by atoms with Gasteiger partial charge in [-0.15, -0.1) is 0 Å². The van der Waals surface area contributed by atoms with Crippen molar-refractivity contribution in [3.8, 4) is 0 Å². The van der Waals surface area contributed by atoms with Crippen molar-refractivity contribution in [2.75, 3.05) is 0 Å². The summed E-state index contributed by atoms with van der Waals surface area (Å²) >= 11 is 0. The third kappa shape index (κ3) is 3.43. The fraction of sp³-hybridized carbons (Fsp3) is 0.143. The highest BCUT2D eigenvalue weighted by atomic mass is 32.2. The van der Waals surface area contributed by atoms with Crippen molar-refractivity contribution in [2.24, 2.45) is 5.14 Å². The second kappa shape index (κ2) is 5.50. The van der Waals surface area contributed by atoms with Crippen LogP contribution < -0.4 is 5.14 Å². The Bertz CT molecular complexity index is 727. The SMILES string of the molecule is NS(=O)(=O)c1ccccc1C(c1ccccc1)C(F)(F)F. The molecule has 0 radical (unpaired) electrons. The summed E-state index contributed by atoms with van der Waals surface area (Å²) in [5.74, 6) is -2.05. The Labute approximate surface area is 120 Å². The molecule has 0 fully saturated rings. The lowest BCUT2D eigenvalue weighted by atomic mass is 9.91. The van der Waals surface area contributed by atoms with E-state index in [2.05, 4.69) is 0 Å². The number of alkyl halides is 3. The van der Waals surface area contributed by atoms with Gasteiger partial charge in [0.1, 0.15) is 5.92 Å². The van der Waals surface area contributed by atoms with Crippen LogP contribution in [0.4, 0.5) is 13.2 Å². The minimum atomic E-state index is -4.64. The van der Waals surface area contributed by atoms with Crippen LogP contribution in [0, 0.1) is 0 Å². The topological polar surface area (TPSA) is 60.2 Å². The van der Waals surface area contributed by atoms with Gasteiger partial charge in [-0.1, -0.05) is 48.5 Å². The number of sulfonamides is 1. The number of primary sulfonamides is 1. The van der Waals surface area contributed by atoms with Gasteiger partial charge in [-0.2, -0.15) is 13.2 Å². The van der Waals surface area contributed by atoms with Crippen LogP contribution in [0.5, 0.6) is 0 Å². The highest BCUT2D eigenvalue weighted by molar-refractivity contribution is 7.89. The molecule has 2 aromatic rings. The average Bonchev–Trinajstić information content (AvgIpc) is 2.38. The van der Waals surface area contributed by atoms with Gasteiger partial charge < -0.3 is 0 Å². The van der Waals surface area contributed by atoms with Crippen molar-refractivity contribution >= 4 is 10.0 Å². The fourth-order valence-electron chi connectivity index (χ4n) is 2.17. The summed E-state index contributed by atoms with van der Waals surface area (Å²) in [6.07, 6.45) is -4.64. The molecule has 1 unspecified atom stereocenters. The molecule has 1 atom stereocenters. The molecule has 112 valence electrons. The van der Waals surface area contributed by atoms with E-state index in [1.807, 2.05) is 0 Å². The van der Waals surface area contributed by atoms with Gasteiger partial charge in [-0.25, -0.2) is 13.6 Å². The van der Waals surface area contributed by atoms with E-state index < -0.39 is 27.0 Å². The smallest absolute Gasteiger partial charge is 0.225 e. The van der Waals surface area contributed by atoms with Gasteiger partial charge >= 0.3 is 6.18 Å². The van der Waals surface area contributed by atoms with Gasteiger partial charge in [-0.3, -0.25) is 0 Å². The number of nitrogens with two attached hydrogens (primary N) is 1. The molecule has 2 N–H and O–H groups in total. The molecule has 3 nitrogen and oxygen atoms in total. The van der Waals surface area contributed by atoms with E-state index in [1.54, 1.807) is 6.07 Å². The van der Waals surface area contributed by atoms with Crippen LogP contribution >= 0.6 is 0 Å². The molecule has 0 saturated heterocycles. The first-order chi connectivity index (χ1) is 9.71. The number of hydrogen-bond acceptors (Lipinski definition) is 2. The highest BCUT2D eigenvalue weighted by Gasteiger charge is 2.43. The molecule has 0 heterocycles. The van der Waals surface area contributed by atoms with E-state index in [-0.39, 0.29) is 11.1 Å². The van der Waals surface area contributed by atoms with E-state index in [9.17, 15) is 21.6 Å². The Morgan fingerprint density at radius 3 is 1.95 bits per heavy atom. The Kier molecular flexibility index (Phi) is 4.06. The maximum Gasteiger partial charge on any atom is 0.399 e. The Balaban J connectivity index is 2.71. The van der Waals surface area contributed by atoms with Crippen molar-refractivity contribution in [2.45, 2.75) is 17.0 Å². The molecule has 0 spiro atoms. The monoisotopic (exact) mass is 315 g/mol. The van der Waals surface area contributed by atoms with Crippen molar-refractivity contribution in [3.05, 3.63) is 65.7 Å². The van der Waals surface area contributed by atoms with Crippen LogP contribution in [0.1, 0.15) is 17.0 Å². The second-order valence-corrected chi connectivity index (χ2v) is 6.00. The van der Waals surface area contributed by atoms with E-state index in [0.717, 1.165) is 12.1 Å². The fourth-order valence-corrected chi connectivity index (χ4v) is 2.95. The van der Waals surface area contributed by atoms with Crippen LogP contribution in [0.25, 0.3) is 0 Å². The summed E-state index contributed by atoms with van der Waals surface area (Å²) in [5.41, 5.74) is -0.417. The summed E-state index contributed by atoms with van der Waals surface area (Å²) in [4.78, 5) is -0.517. The van der Waals surface area contributed by atoms with Gasteiger partial charge in [-0.05, 0) is 17.2 Å². The van der Waals surface area contributed by atoms with Gasteiger partial charge in [0, 0.05) is 0 Å². The third-order valence-electron chi connectivity index (χ3n) is 3.00. The molecule has 0 bridgehead atoms. The molecule has 0 aliphatic carbocycles. The van der Waals surface area contributed by atoms with Gasteiger partial charge in [0.05, 0.1) is 4.90 Å². The Morgan fingerprint density at radius 2 is 1.43 bits per heavy atom. The maximum atomic E-state index is 13.4. The first-order valence-electron chi connectivity index (χ1n) is 5.94. The van der Waals surface area contributed by atoms with E-state index in [0.29, 0.717) is 0 Å². The normalized spacial score (nSPS) is 13.9.